The number of carbonyl (C=O) groups is 1. The fourth-order valence-corrected chi connectivity index (χ4v) is 5.18. The fourth-order valence-electron chi connectivity index (χ4n) is 5.18. The summed E-state index contributed by atoms with van der Waals surface area (Å²) in [5.41, 5.74) is 4.40. The van der Waals surface area contributed by atoms with Crippen molar-refractivity contribution in [1.82, 2.24) is 4.57 Å². The molecule has 0 saturated carbocycles. The molecular formula is C34H43N3O5. The van der Waals surface area contributed by atoms with Gasteiger partial charge in [0.25, 0.3) is 0 Å². The molecule has 4 rings (SSSR count). The summed E-state index contributed by atoms with van der Waals surface area (Å²) in [6.45, 7) is 5.77. The average Bonchev–Trinajstić information content (AvgIpc) is 3.39. The Morgan fingerprint density at radius 1 is 0.857 bits per heavy atom. The van der Waals surface area contributed by atoms with Crippen molar-refractivity contribution >= 4 is 28.3 Å². The van der Waals surface area contributed by atoms with Crippen molar-refractivity contribution in [2.75, 3.05) is 71.3 Å². The first-order valence-corrected chi connectivity index (χ1v) is 14.9. The summed E-state index contributed by atoms with van der Waals surface area (Å²) in [7, 11) is 3.60. The number of aromatic nitrogens is 1. The number of allylic oxidation sites excluding steroid dienone is 1. The predicted octanol–water partition coefficient (Wildman–Crippen LogP) is 5.79. The first-order valence-electron chi connectivity index (χ1n) is 14.9. The lowest BCUT2D eigenvalue weighted by molar-refractivity contribution is -0.115. The number of carbonyl (C=O) groups excluding carboxylic acids is 1. The maximum atomic E-state index is 12.7. The smallest absolute Gasteiger partial charge is 0.173 e. The molecule has 0 unspecified atom stereocenters. The molecule has 0 bridgehead atoms. The van der Waals surface area contributed by atoms with Crippen molar-refractivity contribution in [2.24, 2.45) is 7.05 Å². The van der Waals surface area contributed by atoms with Crippen LogP contribution >= 0.6 is 0 Å². The van der Waals surface area contributed by atoms with E-state index >= 15 is 0 Å². The Hall–Kier alpha value is -3.48. The van der Waals surface area contributed by atoms with Crippen LogP contribution in [0.1, 0.15) is 37.8 Å². The van der Waals surface area contributed by atoms with Crippen LogP contribution in [0.4, 0.5) is 5.69 Å². The Balaban J connectivity index is 1.27. The molecule has 1 saturated heterocycles. The quantitative estimate of drug-likeness (QED) is 0.115. The molecule has 2 aromatic carbocycles. The van der Waals surface area contributed by atoms with Crippen LogP contribution in [0, 0.1) is 11.3 Å². The van der Waals surface area contributed by atoms with Gasteiger partial charge in [0.2, 0.25) is 0 Å². The van der Waals surface area contributed by atoms with Crippen LogP contribution in [0.25, 0.3) is 28.1 Å². The third-order valence-corrected chi connectivity index (χ3v) is 7.58. The standard InChI is InChI=1S/C34H43N3O5/c1-36-31(25-30(26-35)34(38)7-6-16-40-19-20-42-22-21-41-18-17-39-2)12-13-33(36)29-9-8-28-24-32(11-10-27(28)23-29)37-14-4-3-5-15-37/h8-13,23-25H,3-7,14-22H2,1-2H3/b30-25-. The number of benzene rings is 2. The summed E-state index contributed by atoms with van der Waals surface area (Å²) in [5.74, 6) is -0.177. The van der Waals surface area contributed by atoms with Gasteiger partial charge in [-0.05, 0) is 78.4 Å². The molecule has 0 amide bonds. The lowest BCUT2D eigenvalue weighted by Crippen LogP contribution is -2.29. The van der Waals surface area contributed by atoms with Crippen molar-refractivity contribution in [2.45, 2.75) is 32.1 Å². The molecule has 1 aromatic heterocycles. The molecule has 0 atom stereocenters. The topological polar surface area (TPSA) is 85.9 Å². The van der Waals surface area contributed by atoms with Gasteiger partial charge in [0, 0.05) is 57.3 Å². The second-order valence-electron chi connectivity index (χ2n) is 10.5. The summed E-state index contributed by atoms with van der Waals surface area (Å²) < 4.78 is 23.3. The van der Waals surface area contributed by atoms with E-state index in [0.717, 1.165) is 30.0 Å². The molecule has 8 nitrogen and oxygen atoms in total. The summed E-state index contributed by atoms with van der Waals surface area (Å²) in [6, 6.07) is 19.3. The Kier molecular flexibility index (Phi) is 12.6. The minimum atomic E-state index is -0.177. The van der Waals surface area contributed by atoms with E-state index in [-0.39, 0.29) is 17.8 Å². The number of ketones is 1. The first kappa shape index (κ1) is 31.5. The SMILES string of the molecule is COCCOCCOCCOCCCC(=O)/C(C#N)=C\c1ccc(-c2ccc3cc(N4CCCCC4)ccc3c2)n1C. The van der Waals surface area contributed by atoms with Gasteiger partial charge in [-0.3, -0.25) is 4.79 Å². The molecule has 1 fully saturated rings. The van der Waals surface area contributed by atoms with E-state index in [0.29, 0.717) is 52.7 Å². The number of nitrogens with zero attached hydrogens (tertiary/aromatic N) is 3. The summed E-state index contributed by atoms with van der Waals surface area (Å²) in [6.07, 6.45) is 6.34. The molecule has 2 heterocycles. The van der Waals surface area contributed by atoms with Gasteiger partial charge in [-0.1, -0.05) is 18.2 Å². The van der Waals surface area contributed by atoms with Crippen LogP contribution in [-0.2, 0) is 30.8 Å². The number of anilines is 1. The number of piperidine rings is 1. The molecule has 1 aliphatic rings. The van der Waals surface area contributed by atoms with E-state index in [9.17, 15) is 10.1 Å². The third kappa shape index (κ3) is 9.01. The van der Waals surface area contributed by atoms with Crippen molar-refractivity contribution in [1.29, 1.82) is 5.26 Å². The Morgan fingerprint density at radius 2 is 1.52 bits per heavy atom. The van der Waals surface area contributed by atoms with Gasteiger partial charge in [-0.2, -0.15) is 5.26 Å². The number of Topliss-reactive ketones (excluding diaryl/α,β-unsaturated/α-hetero) is 1. The van der Waals surface area contributed by atoms with Crippen LogP contribution in [0.3, 0.4) is 0 Å². The highest BCUT2D eigenvalue weighted by atomic mass is 16.6. The number of ether oxygens (including phenoxy) is 4. The zero-order valence-corrected chi connectivity index (χ0v) is 25.0. The minimum absolute atomic E-state index is 0.156. The third-order valence-electron chi connectivity index (χ3n) is 7.58. The highest BCUT2D eigenvalue weighted by Crippen LogP contribution is 2.30. The predicted molar refractivity (Wildman–Crippen MR) is 167 cm³/mol. The Labute approximate surface area is 249 Å². The van der Waals surface area contributed by atoms with Crippen LogP contribution in [0.5, 0.6) is 0 Å². The average molecular weight is 574 g/mol. The van der Waals surface area contributed by atoms with Crippen LogP contribution < -0.4 is 4.90 Å². The van der Waals surface area contributed by atoms with Crippen LogP contribution in [-0.4, -0.2) is 76.8 Å². The van der Waals surface area contributed by atoms with Gasteiger partial charge < -0.3 is 28.4 Å². The molecular weight excluding hydrogens is 530 g/mol. The Morgan fingerprint density at radius 3 is 2.24 bits per heavy atom. The zero-order valence-electron chi connectivity index (χ0n) is 25.0. The summed E-state index contributed by atoms with van der Waals surface area (Å²) in [4.78, 5) is 15.2. The number of rotatable bonds is 17. The van der Waals surface area contributed by atoms with Gasteiger partial charge in [0.1, 0.15) is 6.07 Å². The molecule has 3 aromatic rings. The van der Waals surface area contributed by atoms with E-state index in [1.54, 1.807) is 13.2 Å². The van der Waals surface area contributed by atoms with Gasteiger partial charge in [0.05, 0.1) is 45.2 Å². The molecule has 42 heavy (non-hydrogen) atoms. The summed E-state index contributed by atoms with van der Waals surface area (Å²) in [5, 5.41) is 12.1. The molecule has 1 aliphatic heterocycles. The van der Waals surface area contributed by atoms with E-state index in [2.05, 4.69) is 47.4 Å². The molecule has 0 aliphatic carbocycles. The number of hydrogen-bond donors (Lipinski definition) is 0. The lowest BCUT2D eigenvalue weighted by atomic mass is 10.0. The van der Waals surface area contributed by atoms with E-state index in [1.165, 1.54) is 35.7 Å². The maximum absolute atomic E-state index is 12.7. The van der Waals surface area contributed by atoms with Gasteiger partial charge in [-0.25, -0.2) is 0 Å². The summed E-state index contributed by atoms with van der Waals surface area (Å²) >= 11 is 0. The van der Waals surface area contributed by atoms with Crippen LogP contribution in [0.15, 0.2) is 54.1 Å². The van der Waals surface area contributed by atoms with Gasteiger partial charge in [0.15, 0.2) is 5.78 Å². The van der Waals surface area contributed by atoms with Crippen molar-refractivity contribution < 1.29 is 23.7 Å². The largest absolute Gasteiger partial charge is 0.382 e. The monoisotopic (exact) mass is 573 g/mol. The number of nitriles is 1. The normalized spacial score (nSPS) is 13.9. The number of methoxy groups -OCH3 is 1. The second-order valence-corrected chi connectivity index (χ2v) is 10.5. The number of fused-ring (bicyclic) bond motifs is 1. The molecule has 0 radical (unpaired) electrons. The highest BCUT2D eigenvalue weighted by molar-refractivity contribution is 6.03. The molecule has 0 spiro atoms. The zero-order chi connectivity index (χ0) is 29.6. The molecule has 0 N–H and O–H groups in total. The lowest BCUT2D eigenvalue weighted by Gasteiger charge is -2.29. The van der Waals surface area contributed by atoms with Crippen molar-refractivity contribution in [3.8, 4) is 17.3 Å². The first-order chi connectivity index (χ1) is 20.6. The fraction of sp³-hybridized carbons (Fsp3) is 0.471. The highest BCUT2D eigenvalue weighted by Gasteiger charge is 2.14. The van der Waals surface area contributed by atoms with Crippen molar-refractivity contribution in [3.05, 3.63) is 59.8 Å². The number of hydrogen-bond acceptors (Lipinski definition) is 7. The maximum Gasteiger partial charge on any atom is 0.173 e. The van der Waals surface area contributed by atoms with E-state index in [1.807, 2.05) is 23.7 Å². The van der Waals surface area contributed by atoms with Gasteiger partial charge >= 0.3 is 0 Å². The van der Waals surface area contributed by atoms with E-state index in [4.69, 9.17) is 18.9 Å². The van der Waals surface area contributed by atoms with Gasteiger partial charge in [-0.15, -0.1) is 0 Å². The van der Waals surface area contributed by atoms with Crippen molar-refractivity contribution in [3.63, 3.8) is 0 Å². The molecule has 224 valence electrons. The Bertz CT molecular complexity index is 1370. The minimum Gasteiger partial charge on any atom is -0.382 e. The van der Waals surface area contributed by atoms with Crippen LogP contribution in [0.2, 0.25) is 0 Å². The van der Waals surface area contributed by atoms with E-state index < -0.39 is 0 Å². The second kappa shape index (κ2) is 16.8. The molecule has 8 heteroatoms.